The molecule has 2 heterocycles. The summed E-state index contributed by atoms with van der Waals surface area (Å²) in [5.74, 6) is 2.09. The van der Waals surface area contributed by atoms with Crippen LogP contribution in [0.15, 0.2) is 59.9 Å². The molecule has 0 aliphatic rings. The third-order valence-corrected chi connectivity index (χ3v) is 6.13. The smallest absolute Gasteiger partial charge is 0.234 e. The van der Waals surface area contributed by atoms with Crippen molar-refractivity contribution in [1.82, 2.24) is 24.5 Å². The number of nitrogens with one attached hydrogen (secondary N) is 1. The first-order valence-electron chi connectivity index (χ1n) is 10.7. The highest BCUT2D eigenvalue weighted by molar-refractivity contribution is 7.99. The van der Waals surface area contributed by atoms with Crippen LogP contribution < -0.4 is 14.8 Å². The van der Waals surface area contributed by atoms with E-state index in [2.05, 4.69) is 20.6 Å². The molecule has 9 nitrogen and oxygen atoms in total. The van der Waals surface area contributed by atoms with Gasteiger partial charge in [-0.25, -0.2) is 0 Å². The van der Waals surface area contributed by atoms with Gasteiger partial charge in [0.1, 0.15) is 17.2 Å². The molecule has 4 rings (SSSR count). The molecule has 1 N–H and O–H groups in total. The Hall–Kier alpha value is -3.79. The number of nitrogens with zero attached hydrogens (tertiary/aromatic N) is 5. The second kappa shape index (κ2) is 10.4. The van der Waals surface area contributed by atoms with E-state index in [1.807, 2.05) is 61.1 Å². The van der Waals surface area contributed by atoms with Crippen molar-refractivity contribution in [2.24, 2.45) is 7.05 Å². The van der Waals surface area contributed by atoms with Crippen LogP contribution in [0.3, 0.4) is 0 Å². The normalized spacial score (nSPS) is 10.8. The Labute approximate surface area is 202 Å². The predicted molar refractivity (Wildman–Crippen MR) is 132 cm³/mol. The average molecular weight is 479 g/mol. The Morgan fingerprint density at radius 1 is 1.09 bits per heavy atom. The topological polar surface area (TPSA) is 96.1 Å². The van der Waals surface area contributed by atoms with Gasteiger partial charge in [0.15, 0.2) is 11.0 Å². The number of rotatable bonds is 9. The Kier molecular flexibility index (Phi) is 7.17. The maximum Gasteiger partial charge on any atom is 0.234 e. The average Bonchev–Trinajstić information content (AvgIpc) is 3.45. The number of aromatic nitrogens is 5. The zero-order valence-corrected chi connectivity index (χ0v) is 20.3. The molecule has 2 aromatic carbocycles. The lowest BCUT2D eigenvalue weighted by Crippen LogP contribution is -2.15. The van der Waals surface area contributed by atoms with Gasteiger partial charge in [0.05, 0.1) is 31.2 Å². The van der Waals surface area contributed by atoms with Crippen LogP contribution in [-0.4, -0.2) is 50.4 Å². The van der Waals surface area contributed by atoms with E-state index < -0.39 is 0 Å². The van der Waals surface area contributed by atoms with E-state index >= 15 is 0 Å². The SMILES string of the molecule is CCn1c(SCC(=O)Nc2ccccc2OC)nnc1-c1cn(C)nc1-c1cccc(OC)c1. The van der Waals surface area contributed by atoms with Gasteiger partial charge < -0.3 is 19.4 Å². The quantitative estimate of drug-likeness (QED) is 0.362. The van der Waals surface area contributed by atoms with Crippen LogP contribution in [0, 0.1) is 0 Å². The minimum atomic E-state index is -0.153. The van der Waals surface area contributed by atoms with Gasteiger partial charge in [-0.1, -0.05) is 36.0 Å². The van der Waals surface area contributed by atoms with E-state index in [9.17, 15) is 4.79 Å². The summed E-state index contributed by atoms with van der Waals surface area (Å²) in [5.41, 5.74) is 3.20. The van der Waals surface area contributed by atoms with Gasteiger partial charge in [0, 0.05) is 25.4 Å². The van der Waals surface area contributed by atoms with Gasteiger partial charge in [0.2, 0.25) is 5.91 Å². The Morgan fingerprint density at radius 2 is 1.91 bits per heavy atom. The molecule has 176 valence electrons. The lowest BCUT2D eigenvalue weighted by Gasteiger charge is -2.10. The first kappa shape index (κ1) is 23.4. The Balaban J connectivity index is 1.56. The van der Waals surface area contributed by atoms with E-state index in [1.54, 1.807) is 31.0 Å². The monoisotopic (exact) mass is 478 g/mol. The first-order valence-corrected chi connectivity index (χ1v) is 11.7. The number of hydrogen-bond donors (Lipinski definition) is 1. The molecule has 1 amide bonds. The van der Waals surface area contributed by atoms with Crippen LogP contribution >= 0.6 is 11.8 Å². The number of hydrogen-bond acceptors (Lipinski definition) is 7. The molecule has 0 saturated heterocycles. The van der Waals surface area contributed by atoms with Crippen LogP contribution in [0.5, 0.6) is 11.5 Å². The molecule has 0 fully saturated rings. The van der Waals surface area contributed by atoms with Crippen LogP contribution in [-0.2, 0) is 18.4 Å². The number of carbonyl (C=O) groups excluding carboxylic acids is 1. The van der Waals surface area contributed by atoms with Gasteiger partial charge >= 0.3 is 0 Å². The van der Waals surface area contributed by atoms with E-state index in [0.717, 1.165) is 22.6 Å². The lowest BCUT2D eigenvalue weighted by atomic mass is 10.1. The summed E-state index contributed by atoms with van der Waals surface area (Å²) in [4.78, 5) is 12.6. The van der Waals surface area contributed by atoms with Crippen LogP contribution in [0.1, 0.15) is 6.92 Å². The van der Waals surface area contributed by atoms with Crippen molar-refractivity contribution in [2.45, 2.75) is 18.6 Å². The first-order chi connectivity index (χ1) is 16.5. The third-order valence-electron chi connectivity index (χ3n) is 5.16. The van der Waals surface area contributed by atoms with Crippen molar-refractivity contribution >= 4 is 23.4 Å². The van der Waals surface area contributed by atoms with Gasteiger partial charge in [-0.15, -0.1) is 10.2 Å². The predicted octanol–water partition coefficient (Wildman–Crippen LogP) is 4.11. The molecule has 0 bridgehead atoms. The second-order valence-electron chi connectivity index (χ2n) is 7.38. The highest BCUT2D eigenvalue weighted by Crippen LogP contribution is 2.33. The molecule has 0 radical (unpaired) electrons. The fourth-order valence-corrected chi connectivity index (χ4v) is 4.38. The van der Waals surface area contributed by atoms with Crippen molar-refractivity contribution in [1.29, 1.82) is 0 Å². The number of anilines is 1. The molecule has 0 unspecified atom stereocenters. The highest BCUT2D eigenvalue weighted by atomic mass is 32.2. The zero-order valence-electron chi connectivity index (χ0n) is 19.5. The number of para-hydroxylation sites is 2. The zero-order chi connectivity index (χ0) is 24.1. The van der Waals surface area contributed by atoms with E-state index in [0.29, 0.717) is 29.0 Å². The molecule has 0 atom stereocenters. The summed E-state index contributed by atoms with van der Waals surface area (Å²) < 4.78 is 14.4. The summed E-state index contributed by atoms with van der Waals surface area (Å²) in [7, 11) is 5.08. The standard InChI is InChI=1S/C24H26N6O3S/c1-5-30-23(18-14-29(2)28-22(18)16-9-8-10-17(13-16)32-3)26-27-24(30)34-15-21(31)25-19-11-6-7-12-20(19)33-4/h6-14H,5,15H2,1-4H3,(H,25,31). The lowest BCUT2D eigenvalue weighted by molar-refractivity contribution is -0.113. The fraction of sp³-hybridized carbons (Fsp3) is 0.250. The molecule has 34 heavy (non-hydrogen) atoms. The van der Waals surface area contributed by atoms with Gasteiger partial charge in [-0.3, -0.25) is 9.48 Å². The van der Waals surface area contributed by atoms with Crippen LogP contribution in [0.4, 0.5) is 5.69 Å². The number of benzene rings is 2. The number of ether oxygens (including phenoxy) is 2. The molecule has 0 saturated carbocycles. The summed E-state index contributed by atoms with van der Waals surface area (Å²) in [6.45, 7) is 2.67. The number of carbonyl (C=O) groups is 1. The molecular weight excluding hydrogens is 452 g/mol. The summed E-state index contributed by atoms with van der Waals surface area (Å²) in [6, 6.07) is 15.1. The minimum absolute atomic E-state index is 0.153. The molecular formula is C24H26N6O3S. The number of amides is 1. The summed E-state index contributed by atoms with van der Waals surface area (Å²) in [5, 5.41) is 17.0. The van der Waals surface area contributed by atoms with Crippen molar-refractivity contribution in [2.75, 3.05) is 25.3 Å². The molecule has 2 aromatic heterocycles. The van der Waals surface area contributed by atoms with Crippen LogP contribution in [0.25, 0.3) is 22.6 Å². The van der Waals surface area contributed by atoms with E-state index in [4.69, 9.17) is 9.47 Å². The minimum Gasteiger partial charge on any atom is -0.497 e. The molecule has 0 aliphatic carbocycles. The number of thioether (sulfide) groups is 1. The number of methoxy groups -OCH3 is 2. The van der Waals surface area contributed by atoms with Crippen LogP contribution in [0.2, 0.25) is 0 Å². The second-order valence-corrected chi connectivity index (χ2v) is 8.33. The number of aryl methyl sites for hydroxylation is 1. The summed E-state index contributed by atoms with van der Waals surface area (Å²) >= 11 is 1.33. The Bertz CT molecular complexity index is 1300. The van der Waals surface area contributed by atoms with Crippen molar-refractivity contribution < 1.29 is 14.3 Å². The van der Waals surface area contributed by atoms with Gasteiger partial charge in [0.25, 0.3) is 0 Å². The fourth-order valence-electron chi connectivity index (χ4n) is 3.58. The molecule has 0 spiro atoms. The van der Waals surface area contributed by atoms with Gasteiger partial charge in [-0.2, -0.15) is 5.10 Å². The molecule has 4 aromatic rings. The maximum absolute atomic E-state index is 12.6. The van der Waals surface area contributed by atoms with Crippen molar-refractivity contribution in [3.05, 3.63) is 54.7 Å². The highest BCUT2D eigenvalue weighted by Gasteiger charge is 2.21. The van der Waals surface area contributed by atoms with E-state index in [-0.39, 0.29) is 11.7 Å². The van der Waals surface area contributed by atoms with Gasteiger partial charge in [-0.05, 0) is 31.2 Å². The molecule has 0 aliphatic heterocycles. The Morgan fingerprint density at radius 3 is 2.68 bits per heavy atom. The van der Waals surface area contributed by atoms with Crippen molar-refractivity contribution in [3.8, 4) is 34.1 Å². The van der Waals surface area contributed by atoms with E-state index in [1.165, 1.54) is 11.8 Å². The molecule has 10 heteroatoms. The maximum atomic E-state index is 12.6. The third kappa shape index (κ3) is 4.91. The van der Waals surface area contributed by atoms with Crippen molar-refractivity contribution in [3.63, 3.8) is 0 Å². The summed E-state index contributed by atoms with van der Waals surface area (Å²) in [6.07, 6.45) is 1.92. The largest absolute Gasteiger partial charge is 0.497 e.